The van der Waals surface area contributed by atoms with Crippen LogP contribution in [0, 0.1) is 0 Å². The van der Waals surface area contributed by atoms with Crippen molar-refractivity contribution in [2.75, 3.05) is 7.11 Å². The van der Waals surface area contributed by atoms with Crippen LogP contribution in [0.5, 0.6) is 5.75 Å². The summed E-state index contributed by atoms with van der Waals surface area (Å²) in [6.07, 6.45) is -0.0804. The Kier molecular flexibility index (Phi) is 5.06. The van der Waals surface area contributed by atoms with E-state index in [0.717, 1.165) is 11.1 Å². The molecule has 142 valence electrons. The molecular weight excluding hydrogens is 400 g/mol. The molecule has 28 heavy (non-hydrogen) atoms. The Bertz CT molecular complexity index is 1070. The van der Waals surface area contributed by atoms with E-state index in [-0.39, 0.29) is 11.7 Å². The molecule has 0 spiro atoms. The Morgan fingerprint density at radius 2 is 1.96 bits per heavy atom. The second-order valence-corrected chi connectivity index (χ2v) is 7.62. The summed E-state index contributed by atoms with van der Waals surface area (Å²) in [7, 11) is 1.59. The average Bonchev–Trinajstić information content (AvgIpc) is 3.10. The zero-order valence-corrected chi connectivity index (χ0v) is 16.3. The third-order valence-corrected chi connectivity index (χ3v) is 5.61. The van der Waals surface area contributed by atoms with Gasteiger partial charge in [-0.05, 0) is 29.8 Å². The van der Waals surface area contributed by atoms with Crippen LogP contribution < -0.4 is 4.74 Å². The number of carbonyl (C=O) groups is 1. The van der Waals surface area contributed by atoms with Crippen LogP contribution >= 0.6 is 23.4 Å². The molecule has 1 aliphatic rings. The van der Waals surface area contributed by atoms with Crippen LogP contribution in [-0.4, -0.2) is 44.0 Å². The topological polar surface area (TPSA) is 89.6 Å². The predicted molar refractivity (Wildman–Crippen MR) is 107 cm³/mol. The van der Waals surface area contributed by atoms with Gasteiger partial charge >= 0.3 is 5.97 Å². The quantitative estimate of drug-likeness (QED) is 0.682. The first-order valence-corrected chi connectivity index (χ1v) is 9.64. The molecule has 1 atom stereocenters. The van der Waals surface area contributed by atoms with Crippen molar-refractivity contribution in [3.63, 3.8) is 0 Å². The van der Waals surface area contributed by atoms with Gasteiger partial charge in [-0.3, -0.25) is 4.79 Å². The maximum atomic E-state index is 11.4. The van der Waals surface area contributed by atoms with E-state index in [1.54, 1.807) is 23.9 Å². The number of benzene rings is 2. The number of hydrogen-bond donors (Lipinski definition) is 1. The third kappa shape index (κ3) is 3.48. The first kappa shape index (κ1) is 18.5. The molecule has 1 aliphatic heterocycles. The van der Waals surface area contributed by atoms with Crippen LogP contribution in [0.3, 0.4) is 0 Å². The zero-order chi connectivity index (χ0) is 19.7. The monoisotopic (exact) mass is 414 g/mol. The molecule has 1 N–H and O–H groups in total. The van der Waals surface area contributed by atoms with Crippen LogP contribution in [0.4, 0.5) is 0 Å². The highest BCUT2D eigenvalue weighted by atomic mass is 35.5. The standard InChI is InChI=1S/C19H15ClN4O3S/c1-27-14-5-3-2-4-13(14)18-21-22-19-24(18)23-17(15(28-19)10-16(25)26)11-6-8-12(20)9-7-11/h2-9,15H,10H2,1H3,(H,25,26). The Morgan fingerprint density at radius 3 is 2.68 bits per heavy atom. The van der Waals surface area contributed by atoms with Gasteiger partial charge in [-0.25, -0.2) is 0 Å². The van der Waals surface area contributed by atoms with Crippen molar-refractivity contribution >= 4 is 35.0 Å². The van der Waals surface area contributed by atoms with Gasteiger partial charge in [0.15, 0.2) is 5.82 Å². The van der Waals surface area contributed by atoms with E-state index in [2.05, 4.69) is 10.2 Å². The Morgan fingerprint density at radius 1 is 1.21 bits per heavy atom. The lowest BCUT2D eigenvalue weighted by Gasteiger charge is -2.22. The second-order valence-electron chi connectivity index (χ2n) is 6.01. The van der Waals surface area contributed by atoms with Crippen molar-refractivity contribution in [1.29, 1.82) is 0 Å². The molecule has 0 aliphatic carbocycles. The number of thioether (sulfide) groups is 1. The molecule has 4 rings (SSSR count). The van der Waals surface area contributed by atoms with Gasteiger partial charge in [-0.1, -0.05) is 47.6 Å². The largest absolute Gasteiger partial charge is 0.496 e. The lowest BCUT2D eigenvalue weighted by atomic mass is 10.1. The predicted octanol–water partition coefficient (Wildman–Crippen LogP) is 3.81. The summed E-state index contributed by atoms with van der Waals surface area (Å²) in [6.45, 7) is 0. The smallest absolute Gasteiger partial charge is 0.304 e. The fraction of sp³-hybridized carbons (Fsp3) is 0.158. The van der Waals surface area contributed by atoms with Crippen LogP contribution in [0.15, 0.2) is 58.8 Å². The summed E-state index contributed by atoms with van der Waals surface area (Å²) in [5.74, 6) is 0.274. The fourth-order valence-electron chi connectivity index (χ4n) is 2.94. The first-order chi connectivity index (χ1) is 13.6. The van der Waals surface area contributed by atoms with Crippen LogP contribution in [0.1, 0.15) is 12.0 Å². The highest BCUT2D eigenvalue weighted by Crippen LogP contribution is 2.36. The molecule has 0 bridgehead atoms. The van der Waals surface area contributed by atoms with Gasteiger partial charge in [0.2, 0.25) is 5.16 Å². The van der Waals surface area contributed by atoms with Crippen molar-refractivity contribution in [1.82, 2.24) is 14.9 Å². The van der Waals surface area contributed by atoms with E-state index in [0.29, 0.717) is 27.5 Å². The summed E-state index contributed by atoms with van der Waals surface area (Å²) in [5, 5.41) is 23.3. The van der Waals surface area contributed by atoms with Gasteiger partial charge in [0.25, 0.3) is 0 Å². The average molecular weight is 415 g/mol. The molecular formula is C19H15ClN4O3S. The van der Waals surface area contributed by atoms with Crippen molar-refractivity contribution in [3.05, 3.63) is 59.1 Å². The summed E-state index contributed by atoms with van der Waals surface area (Å²) in [6, 6.07) is 14.6. The maximum absolute atomic E-state index is 11.4. The molecule has 0 radical (unpaired) electrons. The van der Waals surface area contributed by atoms with Gasteiger partial charge in [0.05, 0.1) is 30.1 Å². The molecule has 1 unspecified atom stereocenters. The summed E-state index contributed by atoms with van der Waals surface area (Å²) in [4.78, 5) is 11.4. The minimum atomic E-state index is -0.905. The van der Waals surface area contributed by atoms with Crippen molar-refractivity contribution in [3.8, 4) is 17.1 Å². The molecule has 0 saturated carbocycles. The van der Waals surface area contributed by atoms with E-state index >= 15 is 0 Å². The number of para-hydroxylation sites is 1. The summed E-state index contributed by atoms with van der Waals surface area (Å²) >= 11 is 7.32. The van der Waals surface area contributed by atoms with Gasteiger partial charge in [-0.15, -0.1) is 10.2 Å². The molecule has 1 aromatic heterocycles. The maximum Gasteiger partial charge on any atom is 0.304 e. The Labute approximate surface area is 170 Å². The van der Waals surface area contributed by atoms with Crippen LogP contribution in [0.2, 0.25) is 5.02 Å². The van der Waals surface area contributed by atoms with E-state index in [9.17, 15) is 9.90 Å². The van der Waals surface area contributed by atoms with Gasteiger partial charge in [0, 0.05) is 5.02 Å². The van der Waals surface area contributed by atoms with Gasteiger partial charge < -0.3 is 9.84 Å². The number of methoxy groups -OCH3 is 1. The van der Waals surface area contributed by atoms with E-state index in [1.807, 2.05) is 36.4 Å². The number of halogens is 1. The number of aliphatic carboxylic acids is 1. The second kappa shape index (κ2) is 7.65. The zero-order valence-electron chi connectivity index (χ0n) is 14.7. The van der Waals surface area contributed by atoms with Gasteiger partial charge in [-0.2, -0.15) is 9.78 Å². The number of rotatable bonds is 5. The third-order valence-electron chi connectivity index (χ3n) is 4.22. The Hall–Kier alpha value is -2.84. The molecule has 7 nitrogen and oxygen atoms in total. The van der Waals surface area contributed by atoms with Crippen LogP contribution in [0.25, 0.3) is 11.4 Å². The van der Waals surface area contributed by atoms with Crippen molar-refractivity contribution < 1.29 is 14.6 Å². The molecule has 3 aromatic rings. The highest BCUT2D eigenvalue weighted by Gasteiger charge is 2.31. The molecule has 2 heterocycles. The number of carboxylic acids is 1. The van der Waals surface area contributed by atoms with Crippen molar-refractivity contribution in [2.24, 2.45) is 5.10 Å². The number of ether oxygens (including phenoxy) is 1. The molecule has 0 amide bonds. The summed E-state index contributed by atoms with van der Waals surface area (Å²) in [5.41, 5.74) is 2.18. The fourth-order valence-corrected chi connectivity index (χ4v) is 4.16. The summed E-state index contributed by atoms with van der Waals surface area (Å²) < 4.78 is 7.06. The number of carboxylic acid groups (broad SMARTS) is 1. The van der Waals surface area contributed by atoms with Gasteiger partial charge in [0.1, 0.15) is 5.75 Å². The molecule has 2 aromatic carbocycles. The number of hydrogen-bond acceptors (Lipinski definition) is 6. The minimum Gasteiger partial charge on any atom is -0.496 e. The Balaban J connectivity index is 1.85. The number of nitrogens with zero attached hydrogens (tertiary/aromatic N) is 4. The normalized spacial score (nSPS) is 15.6. The van der Waals surface area contributed by atoms with Crippen molar-refractivity contribution in [2.45, 2.75) is 16.8 Å². The lowest BCUT2D eigenvalue weighted by Crippen LogP contribution is -2.27. The van der Waals surface area contributed by atoms with Crippen LogP contribution in [-0.2, 0) is 4.79 Å². The first-order valence-electron chi connectivity index (χ1n) is 8.39. The number of fused-ring (bicyclic) bond motifs is 1. The lowest BCUT2D eigenvalue weighted by molar-refractivity contribution is -0.136. The number of aromatic nitrogens is 3. The SMILES string of the molecule is COc1ccccc1-c1nnc2n1N=C(c1ccc(Cl)cc1)C(CC(=O)O)S2. The molecule has 0 fully saturated rings. The minimum absolute atomic E-state index is 0.0804. The molecule has 9 heteroatoms. The van der Waals surface area contributed by atoms with E-state index < -0.39 is 5.97 Å². The molecule has 0 saturated heterocycles. The van der Waals surface area contributed by atoms with E-state index in [4.69, 9.17) is 21.4 Å². The van der Waals surface area contributed by atoms with E-state index in [1.165, 1.54) is 11.8 Å². The highest BCUT2D eigenvalue weighted by molar-refractivity contribution is 8.00.